The largest absolute Gasteiger partial charge is 0.347 e. The van der Waals surface area contributed by atoms with Crippen molar-refractivity contribution in [2.45, 2.75) is 25.4 Å². The van der Waals surface area contributed by atoms with E-state index in [0.717, 1.165) is 18.5 Å². The molecule has 0 unspecified atom stereocenters. The zero-order chi connectivity index (χ0) is 10.0. The molecule has 0 radical (unpaired) electrons. The number of hydrogen-bond donors (Lipinski definition) is 3. The molecule has 3 N–H and O–H groups in total. The van der Waals surface area contributed by atoms with Gasteiger partial charge in [-0.15, -0.1) is 0 Å². The van der Waals surface area contributed by atoms with E-state index >= 15 is 0 Å². The maximum absolute atomic E-state index is 11.3. The van der Waals surface area contributed by atoms with Crippen LogP contribution in [0, 0.1) is 0 Å². The molecule has 1 fully saturated rings. The molecule has 0 spiro atoms. The molecule has 1 heterocycles. The Kier molecular flexibility index (Phi) is 2.53. The van der Waals surface area contributed by atoms with E-state index in [1.165, 1.54) is 6.33 Å². The van der Waals surface area contributed by atoms with Crippen LogP contribution >= 0.6 is 0 Å². The zero-order valence-corrected chi connectivity index (χ0v) is 8.34. The lowest BCUT2D eigenvalue weighted by Gasteiger charge is -2.05. The van der Waals surface area contributed by atoms with Gasteiger partial charge < -0.3 is 4.98 Å². The Labute approximate surface area is 82.3 Å². The zero-order valence-electron chi connectivity index (χ0n) is 7.53. The van der Waals surface area contributed by atoms with Gasteiger partial charge >= 0.3 is 0 Å². The van der Waals surface area contributed by atoms with Crippen LogP contribution in [0.3, 0.4) is 0 Å². The maximum Gasteiger partial charge on any atom is 0.277 e. The van der Waals surface area contributed by atoms with Crippen molar-refractivity contribution in [1.82, 2.24) is 19.4 Å². The van der Waals surface area contributed by atoms with Gasteiger partial charge in [0, 0.05) is 17.9 Å². The van der Waals surface area contributed by atoms with Crippen molar-refractivity contribution in [1.29, 1.82) is 0 Å². The second-order valence-electron chi connectivity index (χ2n) is 3.29. The maximum atomic E-state index is 11.3. The summed E-state index contributed by atoms with van der Waals surface area (Å²) in [6, 6.07) is 0.134. The van der Waals surface area contributed by atoms with E-state index in [1.54, 1.807) is 6.20 Å². The molecule has 7 heteroatoms. The Morgan fingerprint density at radius 1 is 1.57 bits per heavy atom. The van der Waals surface area contributed by atoms with Crippen molar-refractivity contribution in [3.8, 4) is 0 Å². The molecule has 0 aliphatic heterocycles. The standard InChI is InChI=1S/C7H12N4O2S/c12-14(13,11-6-1-2-6)10-4-7-3-8-5-9-7/h3,5-6,10-11H,1-2,4H2,(H,8,9). The quantitative estimate of drug-likeness (QED) is 0.620. The van der Waals surface area contributed by atoms with E-state index in [1.807, 2.05) is 0 Å². The Balaban J connectivity index is 1.84. The highest BCUT2D eigenvalue weighted by molar-refractivity contribution is 7.87. The van der Waals surface area contributed by atoms with E-state index in [-0.39, 0.29) is 12.6 Å². The molecule has 1 aliphatic rings. The fraction of sp³-hybridized carbons (Fsp3) is 0.571. The number of nitrogens with zero attached hydrogens (tertiary/aromatic N) is 1. The topological polar surface area (TPSA) is 86.9 Å². The molecule has 0 atom stereocenters. The molecule has 14 heavy (non-hydrogen) atoms. The summed E-state index contributed by atoms with van der Waals surface area (Å²) in [6.45, 7) is 0.238. The lowest BCUT2D eigenvalue weighted by atomic mass is 10.5. The number of nitrogens with one attached hydrogen (secondary N) is 3. The van der Waals surface area contributed by atoms with Crippen LogP contribution in [0.5, 0.6) is 0 Å². The number of hydrogen-bond acceptors (Lipinski definition) is 3. The lowest BCUT2D eigenvalue weighted by Crippen LogP contribution is -2.37. The third-order valence-corrected chi connectivity index (χ3v) is 3.07. The second-order valence-corrected chi connectivity index (χ2v) is 4.82. The van der Waals surface area contributed by atoms with Gasteiger partial charge in [0.2, 0.25) is 0 Å². The Morgan fingerprint density at radius 2 is 2.36 bits per heavy atom. The lowest BCUT2D eigenvalue weighted by molar-refractivity contribution is 0.565. The van der Waals surface area contributed by atoms with Gasteiger partial charge in [-0.3, -0.25) is 0 Å². The highest BCUT2D eigenvalue weighted by Crippen LogP contribution is 2.19. The van der Waals surface area contributed by atoms with Crippen molar-refractivity contribution in [3.05, 3.63) is 18.2 Å². The van der Waals surface area contributed by atoms with Gasteiger partial charge in [-0.25, -0.2) is 4.98 Å². The number of rotatable bonds is 5. The SMILES string of the molecule is O=S(=O)(NCc1cnc[nH]1)NC1CC1. The smallest absolute Gasteiger partial charge is 0.277 e. The van der Waals surface area contributed by atoms with Crippen LogP contribution in [0.1, 0.15) is 18.5 Å². The van der Waals surface area contributed by atoms with Crippen LogP contribution in [0.2, 0.25) is 0 Å². The van der Waals surface area contributed by atoms with E-state index in [0.29, 0.717) is 0 Å². The Hall–Kier alpha value is -0.920. The molecule has 1 aliphatic carbocycles. The van der Waals surface area contributed by atoms with Gasteiger partial charge in [0.1, 0.15) is 0 Å². The molecular formula is C7H12N4O2S. The average molecular weight is 216 g/mol. The van der Waals surface area contributed by atoms with Crippen LogP contribution in [0.15, 0.2) is 12.5 Å². The molecule has 78 valence electrons. The van der Waals surface area contributed by atoms with E-state index < -0.39 is 10.2 Å². The van der Waals surface area contributed by atoms with Crippen LogP contribution in [-0.4, -0.2) is 24.4 Å². The number of aromatic amines is 1. The van der Waals surface area contributed by atoms with Crippen molar-refractivity contribution < 1.29 is 8.42 Å². The van der Waals surface area contributed by atoms with Crippen LogP contribution in [-0.2, 0) is 16.8 Å². The normalized spacial score (nSPS) is 17.1. The van der Waals surface area contributed by atoms with Gasteiger partial charge in [0.05, 0.1) is 12.9 Å². The first kappa shape index (κ1) is 9.63. The minimum Gasteiger partial charge on any atom is -0.347 e. The molecular weight excluding hydrogens is 204 g/mol. The molecule has 0 saturated heterocycles. The average Bonchev–Trinajstić information content (AvgIpc) is 2.78. The van der Waals surface area contributed by atoms with Crippen molar-refractivity contribution in [2.75, 3.05) is 0 Å². The third-order valence-electron chi connectivity index (χ3n) is 1.91. The molecule has 2 rings (SSSR count). The summed E-state index contributed by atoms with van der Waals surface area (Å²) in [5.41, 5.74) is 0.742. The molecule has 0 amide bonds. The minimum atomic E-state index is -3.34. The molecule has 6 nitrogen and oxygen atoms in total. The molecule has 1 aromatic rings. The number of imidazole rings is 1. The minimum absolute atomic E-state index is 0.134. The van der Waals surface area contributed by atoms with Gasteiger partial charge in [0.25, 0.3) is 10.2 Å². The first-order chi connectivity index (χ1) is 6.66. The van der Waals surface area contributed by atoms with Crippen LogP contribution in [0.25, 0.3) is 0 Å². The van der Waals surface area contributed by atoms with Crippen molar-refractivity contribution in [3.63, 3.8) is 0 Å². The fourth-order valence-corrected chi connectivity index (χ4v) is 2.12. The van der Waals surface area contributed by atoms with Gasteiger partial charge in [0.15, 0.2) is 0 Å². The van der Waals surface area contributed by atoms with Gasteiger partial charge in [-0.05, 0) is 12.8 Å². The summed E-state index contributed by atoms with van der Waals surface area (Å²) < 4.78 is 27.6. The van der Waals surface area contributed by atoms with Crippen LogP contribution < -0.4 is 9.44 Å². The van der Waals surface area contributed by atoms with E-state index in [9.17, 15) is 8.42 Å². The highest BCUT2D eigenvalue weighted by atomic mass is 32.2. The van der Waals surface area contributed by atoms with Crippen molar-refractivity contribution >= 4 is 10.2 Å². The molecule has 1 aromatic heterocycles. The summed E-state index contributed by atoms with van der Waals surface area (Å²) in [4.78, 5) is 6.60. The highest BCUT2D eigenvalue weighted by Gasteiger charge is 2.26. The van der Waals surface area contributed by atoms with Crippen LogP contribution in [0.4, 0.5) is 0 Å². The fourth-order valence-electron chi connectivity index (χ4n) is 1.02. The second kappa shape index (κ2) is 3.68. The number of H-pyrrole nitrogens is 1. The predicted molar refractivity (Wildman–Crippen MR) is 50.5 cm³/mol. The third kappa shape index (κ3) is 2.79. The first-order valence-corrected chi connectivity index (χ1v) is 5.88. The summed E-state index contributed by atoms with van der Waals surface area (Å²) >= 11 is 0. The molecule has 1 saturated carbocycles. The van der Waals surface area contributed by atoms with Gasteiger partial charge in [-0.2, -0.15) is 17.9 Å². The van der Waals surface area contributed by atoms with E-state index in [4.69, 9.17) is 0 Å². The summed E-state index contributed by atoms with van der Waals surface area (Å²) in [5, 5.41) is 0. The Bertz CT molecular complexity index is 382. The molecule has 0 bridgehead atoms. The summed E-state index contributed by atoms with van der Waals surface area (Å²) in [5.74, 6) is 0. The monoisotopic (exact) mass is 216 g/mol. The number of aromatic nitrogens is 2. The summed E-state index contributed by atoms with van der Waals surface area (Å²) in [6.07, 6.45) is 4.97. The Morgan fingerprint density at radius 3 is 2.93 bits per heavy atom. The molecule has 0 aromatic carbocycles. The summed E-state index contributed by atoms with van der Waals surface area (Å²) in [7, 11) is -3.34. The van der Waals surface area contributed by atoms with Crippen molar-refractivity contribution in [2.24, 2.45) is 0 Å². The van der Waals surface area contributed by atoms with E-state index in [2.05, 4.69) is 19.4 Å². The predicted octanol–water partition coefficient (Wildman–Crippen LogP) is -0.504. The first-order valence-electron chi connectivity index (χ1n) is 4.40. The van der Waals surface area contributed by atoms with Gasteiger partial charge in [-0.1, -0.05) is 0 Å².